The molecule has 0 bridgehead atoms. The molecule has 3 heteroatoms. The van der Waals surface area contributed by atoms with Crippen LogP contribution in [0.5, 0.6) is 0 Å². The van der Waals surface area contributed by atoms with Crippen LogP contribution in [0.25, 0.3) is 0 Å². The third kappa shape index (κ3) is 6.49. The second kappa shape index (κ2) is 9.09. The SMILES string of the molecule is CC(C)CNCC(C(C)C)N(C)CCc1ccncc1. The summed E-state index contributed by atoms with van der Waals surface area (Å²) in [5.74, 6) is 1.38. The normalized spacial score (nSPS) is 13.4. The van der Waals surface area contributed by atoms with Gasteiger partial charge in [-0.05, 0) is 49.5 Å². The fraction of sp³-hybridized carbons (Fsp3) is 0.706. The highest BCUT2D eigenvalue weighted by atomic mass is 15.1. The molecular formula is C17H31N3. The van der Waals surface area contributed by atoms with E-state index in [9.17, 15) is 0 Å². The van der Waals surface area contributed by atoms with Crippen molar-refractivity contribution in [2.24, 2.45) is 11.8 Å². The molecule has 1 heterocycles. The summed E-state index contributed by atoms with van der Waals surface area (Å²) in [7, 11) is 2.24. The molecular weight excluding hydrogens is 246 g/mol. The van der Waals surface area contributed by atoms with Crippen LogP contribution in [0.15, 0.2) is 24.5 Å². The molecule has 114 valence electrons. The van der Waals surface area contributed by atoms with E-state index in [2.05, 4.69) is 62.1 Å². The van der Waals surface area contributed by atoms with Crippen molar-refractivity contribution in [1.29, 1.82) is 0 Å². The van der Waals surface area contributed by atoms with Gasteiger partial charge in [-0.25, -0.2) is 0 Å². The Morgan fingerprint density at radius 3 is 2.30 bits per heavy atom. The molecule has 1 aromatic rings. The monoisotopic (exact) mass is 277 g/mol. The maximum atomic E-state index is 4.07. The maximum Gasteiger partial charge on any atom is 0.0270 e. The molecule has 0 aromatic carbocycles. The summed E-state index contributed by atoms with van der Waals surface area (Å²) in [5, 5.41) is 3.59. The third-order valence-corrected chi connectivity index (χ3v) is 3.74. The van der Waals surface area contributed by atoms with Crippen LogP contribution in [-0.4, -0.2) is 42.6 Å². The highest BCUT2D eigenvalue weighted by molar-refractivity contribution is 5.09. The van der Waals surface area contributed by atoms with Crippen LogP contribution in [-0.2, 0) is 6.42 Å². The standard InChI is InChI=1S/C17H31N3/c1-14(2)12-19-13-17(15(3)4)20(5)11-8-16-6-9-18-10-7-16/h6-7,9-10,14-15,17,19H,8,11-13H2,1-5H3. The average molecular weight is 277 g/mol. The molecule has 1 rings (SSSR count). The molecule has 0 fully saturated rings. The van der Waals surface area contributed by atoms with Gasteiger partial charge in [0.15, 0.2) is 0 Å². The van der Waals surface area contributed by atoms with E-state index < -0.39 is 0 Å². The lowest BCUT2D eigenvalue weighted by Crippen LogP contribution is -2.45. The predicted octanol–water partition coefficient (Wildman–Crippen LogP) is 2.83. The predicted molar refractivity (Wildman–Crippen MR) is 86.9 cm³/mol. The van der Waals surface area contributed by atoms with E-state index in [-0.39, 0.29) is 0 Å². The first-order chi connectivity index (χ1) is 9.50. The molecule has 1 aromatic heterocycles. The molecule has 0 saturated heterocycles. The minimum atomic E-state index is 0.593. The highest BCUT2D eigenvalue weighted by Gasteiger charge is 2.18. The maximum absolute atomic E-state index is 4.07. The number of pyridine rings is 1. The van der Waals surface area contributed by atoms with Gasteiger partial charge in [-0.15, -0.1) is 0 Å². The zero-order valence-corrected chi connectivity index (χ0v) is 13.8. The lowest BCUT2D eigenvalue weighted by Gasteiger charge is -2.32. The van der Waals surface area contributed by atoms with E-state index >= 15 is 0 Å². The zero-order valence-electron chi connectivity index (χ0n) is 13.8. The van der Waals surface area contributed by atoms with Gasteiger partial charge in [0, 0.05) is 31.5 Å². The van der Waals surface area contributed by atoms with Crippen LogP contribution in [0, 0.1) is 11.8 Å². The van der Waals surface area contributed by atoms with Crippen LogP contribution in [0.3, 0.4) is 0 Å². The number of rotatable bonds is 9. The first kappa shape index (κ1) is 17.1. The summed E-state index contributed by atoms with van der Waals surface area (Å²) in [6, 6.07) is 4.81. The summed E-state index contributed by atoms with van der Waals surface area (Å²) in [6.45, 7) is 12.4. The van der Waals surface area contributed by atoms with Crippen molar-refractivity contribution in [3.63, 3.8) is 0 Å². The van der Waals surface area contributed by atoms with Gasteiger partial charge >= 0.3 is 0 Å². The number of nitrogens with zero attached hydrogens (tertiary/aromatic N) is 2. The van der Waals surface area contributed by atoms with E-state index in [1.54, 1.807) is 0 Å². The Morgan fingerprint density at radius 1 is 1.10 bits per heavy atom. The van der Waals surface area contributed by atoms with Crippen molar-refractivity contribution in [1.82, 2.24) is 15.2 Å². The molecule has 0 aliphatic rings. The van der Waals surface area contributed by atoms with Crippen molar-refractivity contribution in [2.45, 2.75) is 40.2 Å². The summed E-state index contributed by atoms with van der Waals surface area (Å²) in [5.41, 5.74) is 1.37. The van der Waals surface area contributed by atoms with Crippen LogP contribution < -0.4 is 5.32 Å². The lowest BCUT2D eigenvalue weighted by atomic mass is 10.0. The Labute approximate surface area is 124 Å². The van der Waals surface area contributed by atoms with Crippen LogP contribution in [0.1, 0.15) is 33.3 Å². The van der Waals surface area contributed by atoms with Gasteiger partial charge < -0.3 is 10.2 Å². The topological polar surface area (TPSA) is 28.2 Å². The zero-order chi connectivity index (χ0) is 15.0. The fourth-order valence-electron chi connectivity index (χ4n) is 2.44. The van der Waals surface area contributed by atoms with Gasteiger partial charge in [0.25, 0.3) is 0 Å². The van der Waals surface area contributed by atoms with E-state index in [0.717, 1.165) is 26.1 Å². The lowest BCUT2D eigenvalue weighted by molar-refractivity contribution is 0.188. The van der Waals surface area contributed by atoms with Crippen LogP contribution in [0.4, 0.5) is 0 Å². The molecule has 0 spiro atoms. The minimum absolute atomic E-state index is 0.593. The van der Waals surface area contributed by atoms with E-state index in [4.69, 9.17) is 0 Å². The average Bonchev–Trinajstić information content (AvgIpc) is 2.41. The molecule has 3 nitrogen and oxygen atoms in total. The molecule has 1 atom stereocenters. The van der Waals surface area contributed by atoms with Crippen molar-refractivity contribution in [3.8, 4) is 0 Å². The fourth-order valence-corrected chi connectivity index (χ4v) is 2.44. The van der Waals surface area contributed by atoms with E-state index in [1.807, 2.05) is 12.4 Å². The second-order valence-electron chi connectivity index (χ2n) is 6.45. The number of nitrogens with one attached hydrogen (secondary N) is 1. The summed E-state index contributed by atoms with van der Waals surface area (Å²) >= 11 is 0. The quantitative estimate of drug-likeness (QED) is 0.752. The van der Waals surface area contributed by atoms with Gasteiger partial charge in [0.1, 0.15) is 0 Å². The Bertz CT molecular complexity index is 349. The van der Waals surface area contributed by atoms with Gasteiger partial charge in [-0.1, -0.05) is 27.7 Å². The van der Waals surface area contributed by atoms with Gasteiger partial charge in [-0.2, -0.15) is 0 Å². The van der Waals surface area contributed by atoms with Crippen molar-refractivity contribution in [2.75, 3.05) is 26.7 Å². The molecule has 0 radical (unpaired) electrons. The van der Waals surface area contributed by atoms with Crippen molar-refractivity contribution >= 4 is 0 Å². The number of likely N-dealkylation sites (N-methyl/N-ethyl adjacent to an activating group) is 1. The van der Waals surface area contributed by atoms with Gasteiger partial charge in [-0.3, -0.25) is 4.98 Å². The minimum Gasteiger partial charge on any atom is -0.315 e. The smallest absolute Gasteiger partial charge is 0.0270 e. The number of hydrogen-bond donors (Lipinski definition) is 1. The van der Waals surface area contributed by atoms with Crippen LogP contribution >= 0.6 is 0 Å². The Morgan fingerprint density at radius 2 is 1.75 bits per heavy atom. The molecule has 0 saturated carbocycles. The summed E-state index contributed by atoms with van der Waals surface area (Å²) < 4.78 is 0. The van der Waals surface area contributed by atoms with E-state index in [0.29, 0.717) is 17.9 Å². The molecule has 20 heavy (non-hydrogen) atoms. The van der Waals surface area contributed by atoms with Gasteiger partial charge in [0.05, 0.1) is 0 Å². The number of aromatic nitrogens is 1. The third-order valence-electron chi connectivity index (χ3n) is 3.74. The molecule has 1 N–H and O–H groups in total. The Kier molecular flexibility index (Phi) is 7.78. The molecule has 0 amide bonds. The molecule has 0 aliphatic carbocycles. The molecule has 0 aliphatic heterocycles. The highest BCUT2D eigenvalue weighted by Crippen LogP contribution is 2.10. The summed E-state index contributed by atoms with van der Waals surface area (Å²) in [6.07, 6.45) is 4.84. The summed E-state index contributed by atoms with van der Waals surface area (Å²) in [4.78, 5) is 6.55. The van der Waals surface area contributed by atoms with Crippen LogP contribution in [0.2, 0.25) is 0 Å². The first-order valence-corrected chi connectivity index (χ1v) is 7.80. The van der Waals surface area contributed by atoms with Gasteiger partial charge in [0.2, 0.25) is 0 Å². The molecule has 1 unspecified atom stereocenters. The van der Waals surface area contributed by atoms with Crippen molar-refractivity contribution in [3.05, 3.63) is 30.1 Å². The van der Waals surface area contributed by atoms with Crippen molar-refractivity contribution < 1.29 is 0 Å². The Balaban J connectivity index is 2.41. The van der Waals surface area contributed by atoms with E-state index in [1.165, 1.54) is 5.56 Å². The second-order valence-corrected chi connectivity index (χ2v) is 6.45. The first-order valence-electron chi connectivity index (χ1n) is 7.80. The largest absolute Gasteiger partial charge is 0.315 e. The number of hydrogen-bond acceptors (Lipinski definition) is 3. The Hall–Kier alpha value is -0.930.